The van der Waals surface area contributed by atoms with E-state index >= 15 is 0 Å². The highest BCUT2D eigenvalue weighted by Gasteiger charge is 2.13. The summed E-state index contributed by atoms with van der Waals surface area (Å²) in [7, 11) is 1.75. The van der Waals surface area contributed by atoms with Crippen LogP contribution in [0.4, 0.5) is 0 Å². The lowest BCUT2D eigenvalue weighted by Gasteiger charge is -2.22. The quantitative estimate of drug-likeness (QED) is 0.766. The van der Waals surface area contributed by atoms with E-state index in [-0.39, 0.29) is 0 Å². The summed E-state index contributed by atoms with van der Waals surface area (Å²) < 4.78 is 5.45. The van der Waals surface area contributed by atoms with Gasteiger partial charge in [-0.3, -0.25) is 0 Å². The van der Waals surface area contributed by atoms with Gasteiger partial charge < -0.3 is 10.1 Å². The van der Waals surface area contributed by atoms with Crippen molar-refractivity contribution in [1.82, 2.24) is 5.32 Å². The molecule has 0 saturated heterocycles. The van der Waals surface area contributed by atoms with Gasteiger partial charge in [0.15, 0.2) is 0 Å². The molecular weight excluding hydrogens is 234 g/mol. The zero-order valence-corrected chi connectivity index (χ0v) is 13.1. The molecule has 1 rings (SSSR count). The number of nitrogens with one attached hydrogen (secondary N) is 1. The van der Waals surface area contributed by atoms with Crippen molar-refractivity contribution >= 4 is 0 Å². The Morgan fingerprint density at radius 2 is 2.00 bits per heavy atom. The highest BCUT2D eigenvalue weighted by atomic mass is 16.5. The number of methoxy groups -OCH3 is 1. The molecule has 0 amide bonds. The van der Waals surface area contributed by atoms with Gasteiger partial charge in [0, 0.05) is 6.04 Å². The summed E-state index contributed by atoms with van der Waals surface area (Å²) in [6, 6.07) is 7.02. The zero-order valence-electron chi connectivity index (χ0n) is 13.1. The molecule has 1 atom stereocenters. The summed E-state index contributed by atoms with van der Waals surface area (Å²) >= 11 is 0. The van der Waals surface area contributed by atoms with Crippen LogP contribution in [0.25, 0.3) is 0 Å². The van der Waals surface area contributed by atoms with E-state index in [4.69, 9.17) is 4.74 Å². The van der Waals surface area contributed by atoms with E-state index in [1.165, 1.54) is 17.5 Å². The van der Waals surface area contributed by atoms with Crippen LogP contribution in [-0.2, 0) is 6.42 Å². The molecule has 0 aliphatic heterocycles. The Balaban J connectivity index is 2.65. The average molecular weight is 263 g/mol. The number of rotatable bonds is 8. The second-order valence-electron chi connectivity index (χ2n) is 5.66. The van der Waals surface area contributed by atoms with Gasteiger partial charge >= 0.3 is 0 Å². The average Bonchev–Trinajstić information content (AvgIpc) is 2.38. The zero-order chi connectivity index (χ0) is 14.3. The molecule has 0 aromatic heterocycles. The fraction of sp³-hybridized carbons (Fsp3) is 0.647. The van der Waals surface area contributed by atoms with Gasteiger partial charge in [0.2, 0.25) is 0 Å². The number of aryl methyl sites for hydroxylation is 2. The number of hydrogen-bond acceptors (Lipinski definition) is 2. The second-order valence-corrected chi connectivity index (χ2v) is 5.66. The molecule has 0 aliphatic carbocycles. The molecule has 2 nitrogen and oxygen atoms in total. The Hall–Kier alpha value is -1.02. The third-order valence-electron chi connectivity index (χ3n) is 3.62. The lowest BCUT2D eigenvalue weighted by atomic mass is 9.95. The Labute approximate surface area is 118 Å². The van der Waals surface area contributed by atoms with Gasteiger partial charge in [-0.25, -0.2) is 0 Å². The summed E-state index contributed by atoms with van der Waals surface area (Å²) in [5.41, 5.74) is 2.63. The predicted octanol–water partition coefficient (Wildman–Crippen LogP) is 3.96. The standard InChI is InChI=1S/C17H29NO/c1-6-11-18-16(13(2)3)9-8-15-12-14(4)7-10-17(15)19-5/h7,10,12-13,16,18H,6,8-9,11H2,1-5H3. The van der Waals surface area contributed by atoms with Gasteiger partial charge in [-0.05, 0) is 50.3 Å². The van der Waals surface area contributed by atoms with Crippen LogP contribution in [-0.4, -0.2) is 19.7 Å². The number of hydrogen-bond donors (Lipinski definition) is 1. The van der Waals surface area contributed by atoms with Crippen molar-refractivity contribution < 1.29 is 4.74 Å². The summed E-state index contributed by atoms with van der Waals surface area (Å²) in [5.74, 6) is 1.69. The van der Waals surface area contributed by atoms with E-state index in [1.807, 2.05) is 0 Å². The molecule has 0 aliphatic rings. The molecule has 1 unspecified atom stereocenters. The largest absolute Gasteiger partial charge is 0.496 e. The second kappa shape index (κ2) is 8.21. The van der Waals surface area contributed by atoms with Crippen molar-refractivity contribution in [3.63, 3.8) is 0 Å². The van der Waals surface area contributed by atoms with E-state index in [0.29, 0.717) is 12.0 Å². The fourth-order valence-corrected chi connectivity index (χ4v) is 2.41. The van der Waals surface area contributed by atoms with Gasteiger partial charge in [-0.15, -0.1) is 0 Å². The first-order valence-corrected chi connectivity index (χ1v) is 7.45. The molecule has 1 N–H and O–H groups in total. The van der Waals surface area contributed by atoms with Crippen LogP contribution < -0.4 is 10.1 Å². The summed E-state index contributed by atoms with van der Waals surface area (Å²) in [5, 5.41) is 3.65. The third-order valence-corrected chi connectivity index (χ3v) is 3.62. The fourth-order valence-electron chi connectivity index (χ4n) is 2.41. The highest BCUT2D eigenvalue weighted by Crippen LogP contribution is 2.22. The van der Waals surface area contributed by atoms with Crippen molar-refractivity contribution in [2.45, 2.75) is 53.0 Å². The van der Waals surface area contributed by atoms with Crippen LogP contribution >= 0.6 is 0 Å². The minimum Gasteiger partial charge on any atom is -0.496 e. The SMILES string of the molecule is CCCNC(CCc1cc(C)ccc1OC)C(C)C. The van der Waals surface area contributed by atoms with Crippen molar-refractivity contribution in [3.05, 3.63) is 29.3 Å². The van der Waals surface area contributed by atoms with Gasteiger partial charge in [0.1, 0.15) is 5.75 Å². The van der Waals surface area contributed by atoms with Crippen molar-refractivity contribution in [3.8, 4) is 5.75 Å². The van der Waals surface area contributed by atoms with E-state index in [9.17, 15) is 0 Å². The molecule has 2 heteroatoms. The smallest absolute Gasteiger partial charge is 0.122 e. The van der Waals surface area contributed by atoms with Gasteiger partial charge in [0.05, 0.1) is 7.11 Å². The minimum atomic E-state index is 0.588. The minimum absolute atomic E-state index is 0.588. The first-order chi connectivity index (χ1) is 9.08. The molecule has 0 saturated carbocycles. The number of ether oxygens (including phenoxy) is 1. The Bertz CT molecular complexity index is 374. The molecule has 0 spiro atoms. The molecule has 0 radical (unpaired) electrons. The molecule has 1 aromatic rings. The lowest BCUT2D eigenvalue weighted by molar-refractivity contribution is 0.372. The summed E-state index contributed by atoms with van der Waals surface area (Å²) in [6.07, 6.45) is 3.43. The van der Waals surface area contributed by atoms with Crippen LogP contribution in [0, 0.1) is 12.8 Å². The topological polar surface area (TPSA) is 21.3 Å². The Kier molecular flexibility index (Phi) is 6.93. The summed E-state index contributed by atoms with van der Waals surface area (Å²) in [4.78, 5) is 0. The molecule has 0 fully saturated rings. The summed E-state index contributed by atoms with van der Waals surface area (Å²) in [6.45, 7) is 10.0. The van der Waals surface area contributed by atoms with Crippen LogP contribution in [0.5, 0.6) is 5.75 Å². The lowest BCUT2D eigenvalue weighted by Crippen LogP contribution is -2.34. The Morgan fingerprint density at radius 3 is 2.58 bits per heavy atom. The first-order valence-electron chi connectivity index (χ1n) is 7.45. The molecule has 0 heterocycles. The van der Waals surface area contributed by atoms with Crippen molar-refractivity contribution in [2.24, 2.45) is 5.92 Å². The molecule has 1 aromatic carbocycles. The van der Waals surface area contributed by atoms with Crippen LogP contribution in [0.1, 0.15) is 44.7 Å². The van der Waals surface area contributed by atoms with Crippen LogP contribution in [0.3, 0.4) is 0 Å². The van der Waals surface area contributed by atoms with Gasteiger partial charge in [-0.1, -0.05) is 38.5 Å². The highest BCUT2D eigenvalue weighted by molar-refractivity contribution is 5.36. The number of benzene rings is 1. The van der Waals surface area contributed by atoms with Crippen molar-refractivity contribution in [2.75, 3.05) is 13.7 Å². The van der Waals surface area contributed by atoms with E-state index in [1.54, 1.807) is 7.11 Å². The molecule has 19 heavy (non-hydrogen) atoms. The Morgan fingerprint density at radius 1 is 1.26 bits per heavy atom. The van der Waals surface area contributed by atoms with Crippen LogP contribution in [0.2, 0.25) is 0 Å². The third kappa shape index (κ3) is 5.23. The van der Waals surface area contributed by atoms with E-state index in [2.05, 4.69) is 51.2 Å². The monoisotopic (exact) mass is 263 g/mol. The van der Waals surface area contributed by atoms with E-state index < -0.39 is 0 Å². The normalized spacial score (nSPS) is 12.7. The molecular formula is C17H29NO. The predicted molar refractivity (Wildman–Crippen MR) is 83.0 cm³/mol. The maximum absolute atomic E-state index is 5.45. The van der Waals surface area contributed by atoms with Crippen molar-refractivity contribution in [1.29, 1.82) is 0 Å². The van der Waals surface area contributed by atoms with Crippen LogP contribution in [0.15, 0.2) is 18.2 Å². The first kappa shape index (κ1) is 16.0. The maximum Gasteiger partial charge on any atom is 0.122 e. The van der Waals surface area contributed by atoms with Gasteiger partial charge in [-0.2, -0.15) is 0 Å². The maximum atomic E-state index is 5.45. The van der Waals surface area contributed by atoms with Gasteiger partial charge in [0.25, 0.3) is 0 Å². The molecule has 0 bridgehead atoms. The molecule has 108 valence electrons. The van der Waals surface area contributed by atoms with E-state index in [0.717, 1.165) is 25.1 Å².